The minimum atomic E-state index is -0.443. The Hall–Kier alpha value is -2.81. The van der Waals surface area contributed by atoms with Crippen molar-refractivity contribution in [2.75, 3.05) is 30.4 Å². The van der Waals surface area contributed by atoms with E-state index in [2.05, 4.69) is 38.6 Å². The maximum atomic E-state index is 5.98. The van der Waals surface area contributed by atoms with Gasteiger partial charge in [-0.3, -0.25) is 0 Å². The summed E-state index contributed by atoms with van der Waals surface area (Å²) in [6.45, 7) is 6.54. The summed E-state index contributed by atoms with van der Waals surface area (Å²) in [5.74, 6) is 3.88. The number of ether oxygens (including phenoxy) is 1. The first-order valence-electron chi connectivity index (χ1n) is 10.2. The molecule has 2 aliphatic heterocycles. The third kappa shape index (κ3) is 2.53. The van der Waals surface area contributed by atoms with Crippen LogP contribution in [-0.2, 0) is 16.9 Å². The van der Waals surface area contributed by atoms with Gasteiger partial charge in [0.25, 0.3) is 0 Å². The van der Waals surface area contributed by atoms with E-state index in [9.17, 15) is 0 Å². The molecule has 0 bridgehead atoms. The van der Waals surface area contributed by atoms with E-state index < -0.39 is 5.60 Å². The lowest BCUT2D eigenvalue weighted by molar-refractivity contribution is -0.0530. The van der Waals surface area contributed by atoms with E-state index in [1.54, 1.807) is 19.4 Å². The van der Waals surface area contributed by atoms with E-state index >= 15 is 0 Å². The molecule has 1 N–H and O–H groups in total. The van der Waals surface area contributed by atoms with Crippen LogP contribution in [0.15, 0.2) is 12.4 Å². The predicted molar refractivity (Wildman–Crippen MR) is 109 cm³/mol. The zero-order valence-electron chi connectivity index (χ0n) is 16.9. The van der Waals surface area contributed by atoms with Crippen LogP contribution in [0.1, 0.15) is 32.5 Å². The van der Waals surface area contributed by atoms with Crippen LogP contribution in [0.5, 0.6) is 0 Å². The number of piperidine rings is 1. The largest absolute Gasteiger partial charge is 0.366 e. The Morgan fingerprint density at radius 3 is 2.66 bits per heavy atom. The molecule has 0 spiro atoms. The van der Waals surface area contributed by atoms with Crippen molar-refractivity contribution in [2.45, 2.75) is 44.9 Å². The highest BCUT2D eigenvalue weighted by Crippen LogP contribution is 2.47. The lowest BCUT2D eigenvalue weighted by atomic mass is 10.1. The second kappa shape index (κ2) is 5.85. The molecule has 0 amide bonds. The zero-order valence-corrected chi connectivity index (χ0v) is 16.9. The highest BCUT2D eigenvalue weighted by molar-refractivity contribution is 5.87. The number of rotatable bonds is 3. The van der Waals surface area contributed by atoms with Crippen LogP contribution in [0.2, 0.25) is 0 Å². The summed E-state index contributed by atoms with van der Waals surface area (Å²) in [6.07, 6.45) is 6.03. The summed E-state index contributed by atoms with van der Waals surface area (Å²) >= 11 is 0. The fourth-order valence-corrected chi connectivity index (χ4v) is 4.67. The molecule has 1 aliphatic carbocycles. The Labute approximate surface area is 168 Å². The number of nitrogens with zero attached hydrogens (tertiary/aromatic N) is 7. The van der Waals surface area contributed by atoms with Gasteiger partial charge < -0.3 is 19.5 Å². The summed E-state index contributed by atoms with van der Waals surface area (Å²) in [4.78, 5) is 26.0. The van der Waals surface area contributed by atoms with Crippen molar-refractivity contribution in [1.82, 2.24) is 29.5 Å². The molecule has 29 heavy (non-hydrogen) atoms. The molecule has 0 aromatic carbocycles. The van der Waals surface area contributed by atoms with Crippen LogP contribution in [-0.4, -0.2) is 55.7 Å². The van der Waals surface area contributed by atoms with E-state index in [4.69, 9.17) is 19.7 Å². The minimum Gasteiger partial charge on any atom is -0.366 e. The zero-order chi connectivity index (χ0) is 19.8. The molecule has 3 aromatic heterocycles. The first-order chi connectivity index (χ1) is 14.0. The van der Waals surface area contributed by atoms with Crippen LogP contribution in [0.3, 0.4) is 0 Å². The van der Waals surface area contributed by atoms with Crippen molar-refractivity contribution in [2.24, 2.45) is 5.92 Å². The van der Waals surface area contributed by atoms with Gasteiger partial charge in [0.1, 0.15) is 11.4 Å². The molecule has 9 heteroatoms. The van der Waals surface area contributed by atoms with Crippen LogP contribution >= 0.6 is 0 Å². The normalized spacial score (nSPS) is 24.4. The number of hydrogen-bond acceptors (Lipinski definition) is 8. The van der Waals surface area contributed by atoms with Gasteiger partial charge in [0.2, 0.25) is 5.95 Å². The van der Waals surface area contributed by atoms with Gasteiger partial charge in [0.15, 0.2) is 22.8 Å². The minimum absolute atomic E-state index is 0.443. The van der Waals surface area contributed by atoms with Crippen LogP contribution in [0.4, 0.5) is 11.8 Å². The molecule has 2 unspecified atom stereocenters. The molecule has 2 atom stereocenters. The Morgan fingerprint density at radius 2 is 1.97 bits per heavy atom. The van der Waals surface area contributed by atoms with Crippen molar-refractivity contribution in [1.29, 1.82) is 0 Å². The second-order valence-electron chi connectivity index (χ2n) is 8.58. The van der Waals surface area contributed by atoms with Gasteiger partial charge in [-0.2, -0.15) is 0 Å². The van der Waals surface area contributed by atoms with Gasteiger partial charge in [0, 0.05) is 38.6 Å². The van der Waals surface area contributed by atoms with Gasteiger partial charge in [-0.25, -0.2) is 24.9 Å². The van der Waals surface area contributed by atoms with Gasteiger partial charge in [-0.05, 0) is 32.6 Å². The average molecular weight is 392 g/mol. The molecular weight excluding hydrogens is 368 g/mol. The third-order valence-corrected chi connectivity index (χ3v) is 6.32. The summed E-state index contributed by atoms with van der Waals surface area (Å²) in [7, 11) is 1.80. The highest BCUT2D eigenvalue weighted by atomic mass is 16.5. The quantitative estimate of drug-likeness (QED) is 0.725. The molecule has 9 nitrogen and oxygen atoms in total. The number of nitrogens with one attached hydrogen (secondary N) is 1. The molecule has 3 aromatic rings. The Kier molecular flexibility index (Phi) is 3.45. The standard InChI is InChI=1S/C20H24N8O/c1-20(2)18-24-14-16(27-5-4-11-8-13(11)27)25-15(12-9-22-19(21-3)23-10-12)26-17(14)28(18)6-7-29-20/h9-11,13H,4-8H2,1-3H3,(H,21,22,23). The van der Waals surface area contributed by atoms with Gasteiger partial charge in [-0.1, -0.05) is 0 Å². The fourth-order valence-electron chi connectivity index (χ4n) is 4.67. The van der Waals surface area contributed by atoms with Crippen molar-refractivity contribution >= 4 is 22.9 Å². The molecule has 150 valence electrons. The maximum absolute atomic E-state index is 5.98. The van der Waals surface area contributed by atoms with Crippen LogP contribution in [0.25, 0.3) is 22.6 Å². The number of fused-ring (bicyclic) bond motifs is 4. The molecule has 5 heterocycles. The maximum Gasteiger partial charge on any atom is 0.222 e. The van der Waals surface area contributed by atoms with Crippen LogP contribution in [0, 0.1) is 5.92 Å². The van der Waals surface area contributed by atoms with Crippen molar-refractivity contribution in [3.8, 4) is 11.4 Å². The van der Waals surface area contributed by atoms with E-state index in [0.717, 1.165) is 47.4 Å². The van der Waals surface area contributed by atoms with E-state index in [1.165, 1.54) is 12.8 Å². The average Bonchev–Trinajstić information content (AvgIpc) is 3.21. The summed E-state index contributed by atoms with van der Waals surface area (Å²) in [6, 6.07) is 0.590. The summed E-state index contributed by atoms with van der Waals surface area (Å²) < 4.78 is 8.18. The predicted octanol–water partition coefficient (Wildman–Crippen LogP) is 2.19. The molecular formula is C20H24N8O. The van der Waals surface area contributed by atoms with E-state index in [-0.39, 0.29) is 0 Å². The number of aromatic nitrogens is 6. The monoisotopic (exact) mass is 392 g/mol. The lowest BCUT2D eigenvalue weighted by Crippen LogP contribution is -2.33. The molecule has 6 rings (SSSR count). The summed E-state index contributed by atoms with van der Waals surface area (Å²) in [5, 5.41) is 2.95. The first-order valence-corrected chi connectivity index (χ1v) is 10.2. The third-order valence-electron chi connectivity index (χ3n) is 6.32. The number of imidazole rings is 1. The van der Waals surface area contributed by atoms with Crippen molar-refractivity contribution < 1.29 is 4.74 Å². The topological polar surface area (TPSA) is 93.9 Å². The Morgan fingerprint density at radius 1 is 1.14 bits per heavy atom. The lowest BCUT2D eigenvalue weighted by Gasteiger charge is -2.30. The molecule has 3 aliphatic rings. The Bertz CT molecular complexity index is 1110. The van der Waals surface area contributed by atoms with Gasteiger partial charge in [-0.15, -0.1) is 0 Å². The first kappa shape index (κ1) is 17.1. The van der Waals surface area contributed by atoms with Gasteiger partial charge >= 0.3 is 0 Å². The fraction of sp³-hybridized carbons (Fsp3) is 0.550. The second-order valence-corrected chi connectivity index (χ2v) is 8.58. The molecule has 1 saturated heterocycles. The van der Waals surface area contributed by atoms with E-state index in [1.807, 2.05) is 0 Å². The SMILES string of the molecule is CNc1ncc(-c2nc(N3CCC4CC43)c3nc4n(c3n2)CCOC4(C)C)cn1. The van der Waals surface area contributed by atoms with Crippen molar-refractivity contribution in [3.05, 3.63) is 18.2 Å². The van der Waals surface area contributed by atoms with Crippen molar-refractivity contribution in [3.63, 3.8) is 0 Å². The summed E-state index contributed by atoms with van der Waals surface area (Å²) in [5.41, 5.74) is 2.11. The molecule has 2 fully saturated rings. The number of anilines is 2. The number of hydrogen-bond donors (Lipinski definition) is 1. The molecule has 1 saturated carbocycles. The van der Waals surface area contributed by atoms with E-state index in [0.29, 0.717) is 24.4 Å². The smallest absolute Gasteiger partial charge is 0.222 e. The Balaban J connectivity index is 1.57. The molecule has 0 radical (unpaired) electrons. The van der Waals surface area contributed by atoms with Crippen LogP contribution < -0.4 is 10.2 Å². The van der Waals surface area contributed by atoms with Gasteiger partial charge in [0.05, 0.1) is 12.2 Å². The highest BCUT2D eigenvalue weighted by Gasteiger charge is 2.48.